The Morgan fingerprint density at radius 2 is 2.05 bits per heavy atom. The normalized spacial score (nSPS) is 13.8. The quantitative estimate of drug-likeness (QED) is 0.913. The van der Waals surface area contributed by atoms with Crippen molar-refractivity contribution >= 4 is 11.6 Å². The van der Waals surface area contributed by atoms with Crippen LogP contribution in [0.3, 0.4) is 0 Å². The highest BCUT2D eigenvalue weighted by Crippen LogP contribution is 2.34. The molecule has 3 rings (SSSR count). The molecule has 0 saturated carbocycles. The first-order valence-electron chi connectivity index (χ1n) is 6.54. The Hall–Kier alpha value is -2.35. The van der Waals surface area contributed by atoms with E-state index >= 15 is 0 Å². The Kier molecular flexibility index (Phi) is 3.61. The number of aromatic nitrogens is 2. The van der Waals surface area contributed by atoms with E-state index in [2.05, 4.69) is 20.6 Å². The molecule has 22 heavy (non-hydrogen) atoms. The molecule has 0 unspecified atom stereocenters. The van der Waals surface area contributed by atoms with Crippen LogP contribution in [0.15, 0.2) is 24.4 Å². The van der Waals surface area contributed by atoms with E-state index in [1.807, 2.05) is 0 Å². The average Bonchev–Trinajstić information content (AvgIpc) is 2.93. The minimum atomic E-state index is -4.45. The van der Waals surface area contributed by atoms with E-state index in [9.17, 15) is 13.2 Å². The largest absolute Gasteiger partial charge is 0.497 e. The van der Waals surface area contributed by atoms with E-state index in [4.69, 9.17) is 4.74 Å². The fourth-order valence-corrected chi connectivity index (χ4v) is 2.20. The van der Waals surface area contributed by atoms with Crippen molar-refractivity contribution in [2.24, 2.45) is 0 Å². The predicted octanol–water partition coefficient (Wildman–Crippen LogP) is 2.85. The molecule has 2 heterocycles. The summed E-state index contributed by atoms with van der Waals surface area (Å²) in [6.45, 7) is 1.32. The van der Waals surface area contributed by atoms with Crippen LogP contribution < -0.4 is 15.4 Å². The molecule has 0 radical (unpaired) electrons. The molecule has 0 spiro atoms. The van der Waals surface area contributed by atoms with E-state index in [0.717, 1.165) is 23.4 Å². The minimum Gasteiger partial charge on any atom is -0.497 e. The number of halogens is 3. The summed E-state index contributed by atoms with van der Waals surface area (Å²) >= 11 is 0. The van der Waals surface area contributed by atoms with Gasteiger partial charge in [-0.15, -0.1) is 0 Å². The van der Waals surface area contributed by atoms with Gasteiger partial charge in [0.25, 0.3) is 0 Å². The molecule has 1 aliphatic heterocycles. The van der Waals surface area contributed by atoms with Gasteiger partial charge in [-0.25, -0.2) is 9.97 Å². The van der Waals surface area contributed by atoms with Gasteiger partial charge in [-0.1, -0.05) is 0 Å². The zero-order chi connectivity index (χ0) is 15.7. The maximum atomic E-state index is 12.9. The Morgan fingerprint density at radius 3 is 2.77 bits per heavy atom. The van der Waals surface area contributed by atoms with Gasteiger partial charge < -0.3 is 15.4 Å². The summed E-state index contributed by atoms with van der Waals surface area (Å²) in [5.74, 6) is 0.365. The van der Waals surface area contributed by atoms with Gasteiger partial charge in [0.05, 0.1) is 18.4 Å². The van der Waals surface area contributed by atoms with Crippen molar-refractivity contribution < 1.29 is 17.9 Å². The van der Waals surface area contributed by atoms with Gasteiger partial charge >= 0.3 is 6.18 Å². The SMILES string of the molecule is COc1cc(Nc2ncc3c(n2)CNC3)cc(C(F)(F)F)c1. The summed E-state index contributed by atoms with van der Waals surface area (Å²) in [4.78, 5) is 8.40. The molecule has 1 aromatic heterocycles. The van der Waals surface area contributed by atoms with Gasteiger partial charge in [0.1, 0.15) is 5.75 Å². The lowest BCUT2D eigenvalue weighted by atomic mass is 10.2. The number of methoxy groups -OCH3 is 1. The number of nitrogens with zero attached hydrogens (tertiary/aromatic N) is 2. The topological polar surface area (TPSA) is 59.1 Å². The van der Waals surface area contributed by atoms with Crippen molar-refractivity contribution in [1.82, 2.24) is 15.3 Å². The summed E-state index contributed by atoms with van der Waals surface area (Å²) in [5, 5.41) is 5.92. The fraction of sp³-hybridized carbons (Fsp3) is 0.286. The fourth-order valence-electron chi connectivity index (χ4n) is 2.20. The average molecular weight is 310 g/mol. The first-order valence-corrected chi connectivity index (χ1v) is 6.54. The zero-order valence-electron chi connectivity index (χ0n) is 11.7. The number of nitrogens with one attached hydrogen (secondary N) is 2. The van der Waals surface area contributed by atoms with Crippen molar-refractivity contribution in [2.45, 2.75) is 19.3 Å². The molecule has 0 bridgehead atoms. The van der Waals surface area contributed by atoms with Gasteiger partial charge in [-0.05, 0) is 12.1 Å². The lowest BCUT2D eigenvalue weighted by Gasteiger charge is -2.12. The highest BCUT2D eigenvalue weighted by molar-refractivity contribution is 5.58. The van der Waals surface area contributed by atoms with Gasteiger partial charge in [0.2, 0.25) is 5.95 Å². The van der Waals surface area contributed by atoms with Crippen molar-refractivity contribution in [1.29, 1.82) is 0 Å². The smallest absolute Gasteiger partial charge is 0.416 e. The second-order valence-corrected chi connectivity index (χ2v) is 4.84. The summed E-state index contributed by atoms with van der Waals surface area (Å²) in [6, 6.07) is 3.40. The standard InChI is InChI=1S/C14H13F3N4O/c1-22-11-3-9(14(15,16)17)2-10(4-11)20-13-19-6-8-5-18-7-12(8)21-13/h2-4,6,18H,5,7H2,1H3,(H,19,20,21). The molecular formula is C14H13F3N4O. The van der Waals surface area contributed by atoms with Crippen LogP contribution in [0, 0.1) is 0 Å². The molecule has 0 fully saturated rings. The first kappa shape index (κ1) is 14.6. The van der Waals surface area contributed by atoms with Crippen molar-refractivity contribution in [3.05, 3.63) is 41.2 Å². The second kappa shape index (κ2) is 5.45. The number of ether oxygens (including phenoxy) is 1. The monoisotopic (exact) mass is 310 g/mol. The molecular weight excluding hydrogens is 297 g/mol. The zero-order valence-corrected chi connectivity index (χ0v) is 11.7. The Bertz CT molecular complexity index is 703. The van der Waals surface area contributed by atoms with Gasteiger partial charge in [0, 0.05) is 36.6 Å². The number of hydrogen-bond donors (Lipinski definition) is 2. The third kappa shape index (κ3) is 2.96. The maximum Gasteiger partial charge on any atom is 0.416 e. The first-order chi connectivity index (χ1) is 10.5. The summed E-state index contributed by atoms with van der Waals surface area (Å²) in [5.41, 5.74) is 1.26. The molecule has 1 aliphatic rings. The molecule has 8 heteroatoms. The highest BCUT2D eigenvalue weighted by atomic mass is 19.4. The van der Waals surface area contributed by atoms with E-state index < -0.39 is 11.7 Å². The van der Waals surface area contributed by atoms with Crippen LogP contribution in [0.25, 0.3) is 0 Å². The number of anilines is 2. The maximum absolute atomic E-state index is 12.9. The summed E-state index contributed by atoms with van der Waals surface area (Å²) in [7, 11) is 1.32. The van der Waals surface area contributed by atoms with Gasteiger partial charge in [-0.3, -0.25) is 0 Å². The Morgan fingerprint density at radius 1 is 1.23 bits per heavy atom. The van der Waals surface area contributed by atoms with E-state index in [1.54, 1.807) is 6.20 Å². The summed E-state index contributed by atoms with van der Waals surface area (Å²) < 4.78 is 43.6. The van der Waals surface area contributed by atoms with E-state index in [0.29, 0.717) is 13.1 Å². The molecule has 116 valence electrons. The van der Waals surface area contributed by atoms with Crippen LogP contribution in [0.4, 0.5) is 24.8 Å². The Labute approximate surface area is 124 Å². The molecule has 0 atom stereocenters. The van der Waals surface area contributed by atoms with Gasteiger partial charge in [0.15, 0.2) is 0 Å². The van der Waals surface area contributed by atoms with Gasteiger partial charge in [-0.2, -0.15) is 13.2 Å². The predicted molar refractivity (Wildman–Crippen MR) is 73.9 cm³/mol. The highest BCUT2D eigenvalue weighted by Gasteiger charge is 2.31. The number of rotatable bonds is 3. The van der Waals surface area contributed by atoms with Crippen molar-refractivity contribution in [3.8, 4) is 5.75 Å². The number of benzene rings is 1. The van der Waals surface area contributed by atoms with Crippen LogP contribution in [-0.4, -0.2) is 17.1 Å². The number of alkyl halides is 3. The molecule has 0 saturated heterocycles. The van der Waals surface area contributed by atoms with Crippen molar-refractivity contribution in [3.63, 3.8) is 0 Å². The molecule has 5 nitrogen and oxygen atoms in total. The lowest BCUT2D eigenvalue weighted by Crippen LogP contribution is -2.07. The van der Waals surface area contributed by atoms with Crippen LogP contribution in [0.5, 0.6) is 5.75 Å². The van der Waals surface area contributed by atoms with Crippen LogP contribution >= 0.6 is 0 Å². The van der Waals surface area contributed by atoms with Crippen molar-refractivity contribution in [2.75, 3.05) is 12.4 Å². The molecule has 0 amide bonds. The number of hydrogen-bond acceptors (Lipinski definition) is 5. The lowest BCUT2D eigenvalue weighted by molar-refractivity contribution is -0.137. The molecule has 2 aromatic rings. The molecule has 1 aromatic carbocycles. The van der Waals surface area contributed by atoms with Crippen LogP contribution in [0.2, 0.25) is 0 Å². The van der Waals surface area contributed by atoms with E-state index in [-0.39, 0.29) is 17.4 Å². The van der Waals surface area contributed by atoms with Crippen LogP contribution in [-0.2, 0) is 19.3 Å². The number of fused-ring (bicyclic) bond motifs is 1. The molecule has 2 N–H and O–H groups in total. The molecule has 0 aliphatic carbocycles. The van der Waals surface area contributed by atoms with E-state index in [1.165, 1.54) is 13.2 Å². The third-order valence-corrected chi connectivity index (χ3v) is 3.29. The third-order valence-electron chi connectivity index (χ3n) is 3.29. The van der Waals surface area contributed by atoms with Crippen LogP contribution in [0.1, 0.15) is 16.8 Å². The minimum absolute atomic E-state index is 0.111. The Balaban J connectivity index is 1.91. The second-order valence-electron chi connectivity index (χ2n) is 4.84. The summed E-state index contributed by atoms with van der Waals surface area (Å²) in [6.07, 6.45) is -2.79.